The first-order valence-electron chi connectivity index (χ1n) is 6.45. The third kappa shape index (κ3) is 2.48. The minimum absolute atomic E-state index is 0.0494. The number of carbonyl (C=O) groups is 1. The molecule has 1 fully saturated rings. The van der Waals surface area contributed by atoms with Gasteiger partial charge in [0.05, 0.1) is 12.2 Å². The Morgan fingerprint density at radius 3 is 2.84 bits per heavy atom. The topological polar surface area (TPSA) is 44.8 Å². The van der Waals surface area contributed by atoms with Crippen molar-refractivity contribution < 1.29 is 9.53 Å². The summed E-state index contributed by atoms with van der Waals surface area (Å²) in [6.07, 6.45) is 0. The summed E-state index contributed by atoms with van der Waals surface area (Å²) < 4.78 is 5.56. The molecule has 0 aliphatic carbocycles. The van der Waals surface area contributed by atoms with E-state index in [-0.39, 0.29) is 6.03 Å². The van der Waals surface area contributed by atoms with E-state index in [9.17, 15) is 4.79 Å². The zero-order chi connectivity index (χ0) is 13.2. The highest BCUT2D eigenvalue weighted by Gasteiger charge is 2.28. The fourth-order valence-corrected chi connectivity index (χ4v) is 2.58. The van der Waals surface area contributed by atoms with Crippen LogP contribution in [0.25, 0.3) is 0 Å². The minimum Gasteiger partial charge on any atom is -0.489 e. The lowest BCUT2D eigenvalue weighted by Gasteiger charge is -2.36. The van der Waals surface area contributed by atoms with Crippen LogP contribution in [0.3, 0.4) is 0 Å². The molecule has 1 N–H and O–H groups in total. The van der Waals surface area contributed by atoms with E-state index in [2.05, 4.69) is 5.32 Å². The van der Waals surface area contributed by atoms with Gasteiger partial charge in [0.15, 0.2) is 0 Å². The van der Waals surface area contributed by atoms with Crippen LogP contribution in [0.2, 0.25) is 5.02 Å². The van der Waals surface area contributed by atoms with Gasteiger partial charge in [-0.3, -0.25) is 4.90 Å². The van der Waals surface area contributed by atoms with Crippen LogP contribution < -0.4 is 15.0 Å². The van der Waals surface area contributed by atoms with E-state index in [1.165, 1.54) is 0 Å². The second-order valence-electron chi connectivity index (χ2n) is 4.63. The molecule has 1 aromatic rings. The summed E-state index contributed by atoms with van der Waals surface area (Å²) in [7, 11) is 0. The first kappa shape index (κ1) is 12.6. The number of rotatable bonds is 0. The molecule has 5 nitrogen and oxygen atoms in total. The summed E-state index contributed by atoms with van der Waals surface area (Å²) >= 11 is 5.95. The Kier molecular flexibility index (Phi) is 3.48. The van der Waals surface area contributed by atoms with Gasteiger partial charge in [-0.2, -0.15) is 0 Å². The molecule has 0 atom stereocenters. The van der Waals surface area contributed by atoms with Crippen LogP contribution in [-0.2, 0) is 0 Å². The number of nitrogens with zero attached hydrogens (tertiary/aromatic N) is 2. The van der Waals surface area contributed by atoms with Crippen molar-refractivity contribution in [3.05, 3.63) is 23.2 Å². The molecule has 19 heavy (non-hydrogen) atoms. The lowest BCUT2D eigenvalue weighted by Crippen LogP contribution is -2.53. The number of benzene rings is 1. The van der Waals surface area contributed by atoms with Crippen molar-refractivity contribution in [1.82, 2.24) is 10.2 Å². The number of ether oxygens (including phenoxy) is 1. The number of hydrogen-bond donors (Lipinski definition) is 1. The lowest BCUT2D eigenvalue weighted by atomic mass is 10.2. The van der Waals surface area contributed by atoms with E-state index in [1.54, 1.807) is 17.0 Å². The van der Waals surface area contributed by atoms with E-state index in [0.717, 1.165) is 31.9 Å². The quantitative estimate of drug-likeness (QED) is 0.785. The van der Waals surface area contributed by atoms with Crippen molar-refractivity contribution in [2.45, 2.75) is 0 Å². The second kappa shape index (κ2) is 5.27. The summed E-state index contributed by atoms with van der Waals surface area (Å²) in [4.78, 5) is 16.2. The average Bonchev–Trinajstić information content (AvgIpc) is 2.46. The number of piperazine rings is 1. The number of anilines is 1. The van der Waals surface area contributed by atoms with Gasteiger partial charge >= 0.3 is 6.03 Å². The number of urea groups is 1. The van der Waals surface area contributed by atoms with Gasteiger partial charge in [-0.15, -0.1) is 0 Å². The molecular formula is C13H16ClN3O2. The van der Waals surface area contributed by atoms with Gasteiger partial charge in [-0.25, -0.2) is 4.79 Å². The summed E-state index contributed by atoms with van der Waals surface area (Å²) in [5.74, 6) is 0.683. The maximum atomic E-state index is 12.5. The van der Waals surface area contributed by atoms with Crippen LogP contribution in [0.1, 0.15) is 0 Å². The number of fused-ring (bicyclic) bond motifs is 1. The van der Waals surface area contributed by atoms with Gasteiger partial charge in [0.2, 0.25) is 0 Å². The van der Waals surface area contributed by atoms with E-state index < -0.39 is 0 Å². The zero-order valence-corrected chi connectivity index (χ0v) is 11.3. The molecule has 1 saturated heterocycles. The Morgan fingerprint density at radius 2 is 2.05 bits per heavy atom. The van der Waals surface area contributed by atoms with Crippen LogP contribution in [-0.4, -0.2) is 50.3 Å². The Hall–Kier alpha value is -1.46. The first-order valence-corrected chi connectivity index (χ1v) is 6.83. The number of hydrogen-bond acceptors (Lipinski definition) is 3. The predicted octanol–water partition coefficient (Wildman–Crippen LogP) is 1.56. The third-order valence-corrected chi connectivity index (χ3v) is 3.64. The van der Waals surface area contributed by atoms with Crippen LogP contribution in [0.4, 0.5) is 10.5 Å². The summed E-state index contributed by atoms with van der Waals surface area (Å²) in [6.45, 7) is 4.29. The largest absolute Gasteiger partial charge is 0.489 e. The van der Waals surface area contributed by atoms with E-state index >= 15 is 0 Å². The van der Waals surface area contributed by atoms with Crippen molar-refractivity contribution in [3.63, 3.8) is 0 Å². The van der Waals surface area contributed by atoms with Crippen molar-refractivity contribution in [2.24, 2.45) is 0 Å². The summed E-state index contributed by atoms with van der Waals surface area (Å²) in [5.41, 5.74) is 0.805. The lowest BCUT2D eigenvalue weighted by molar-refractivity contribution is 0.192. The monoisotopic (exact) mass is 281 g/mol. The molecule has 6 heteroatoms. The normalized spacial score (nSPS) is 18.8. The number of halogens is 1. The zero-order valence-electron chi connectivity index (χ0n) is 10.6. The van der Waals surface area contributed by atoms with E-state index in [4.69, 9.17) is 16.3 Å². The number of carbonyl (C=O) groups excluding carboxylic acids is 1. The van der Waals surface area contributed by atoms with Crippen LogP contribution in [0, 0.1) is 0 Å². The molecule has 2 aliphatic heterocycles. The molecule has 102 valence electrons. The van der Waals surface area contributed by atoms with Gasteiger partial charge in [0.25, 0.3) is 0 Å². The molecule has 0 bridgehead atoms. The predicted molar refractivity (Wildman–Crippen MR) is 74.1 cm³/mol. The third-order valence-electron chi connectivity index (χ3n) is 3.40. The highest BCUT2D eigenvalue weighted by Crippen LogP contribution is 2.34. The van der Waals surface area contributed by atoms with Crippen LogP contribution >= 0.6 is 11.6 Å². The van der Waals surface area contributed by atoms with Crippen molar-refractivity contribution in [3.8, 4) is 5.75 Å². The summed E-state index contributed by atoms with van der Waals surface area (Å²) in [5, 5.41) is 3.87. The molecule has 1 aromatic carbocycles. The van der Waals surface area contributed by atoms with Crippen LogP contribution in [0.5, 0.6) is 5.75 Å². The Labute approximate surface area is 117 Å². The molecule has 3 rings (SSSR count). The fraction of sp³-hybridized carbons (Fsp3) is 0.462. The van der Waals surface area contributed by atoms with Crippen LogP contribution in [0.15, 0.2) is 18.2 Å². The molecule has 2 heterocycles. The maximum Gasteiger partial charge on any atom is 0.324 e. The molecule has 2 amide bonds. The Bertz CT molecular complexity index is 489. The molecule has 0 spiro atoms. The molecule has 0 aromatic heterocycles. The molecular weight excluding hydrogens is 266 g/mol. The van der Waals surface area contributed by atoms with Gasteiger partial charge < -0.3 is 15.0 Å². The SMILES string of the molecule is O=C(N1CCNCC1)N1CCOc2cc(Cl)ccc21. The average molecular weight is 282 g/mol. The molecule has 2 aliphatic rings. The fourth-order valence-electron chi connectivity index (χ4n) is 2.42. The number of amides is 2. The maximum absolute atomic E-state index is 12.5. The number of nitrogens with one attached hydrogen (secondary N) is 1. The molecule has 0 unspecified atom stereocenters. The highest BCUT2D eigenvalue weighted by atomic mass is 35.5. The van der Waals surface area contributed by atoms with Gasteiger partial charge in [-0.1, -0.05) is 11.6 Å². The van der Waals surface area contributed by atoms with Crippen molar-refractivity contribution >= 4 is 23.3 Å². The molecule has 0 radical (unpaired) electrons. The van der Waals surface area contributed by atoms with Crippen molar-refractivity contribution in [1.29, 1.82) is 0 Å². The van der Waals surface area contributed by atoms with Gasteiger partial charge in [0.1, 0.15) is 12.4 Å². The first-order chi connectivity index (χ1) is 9.25. The molecule has 0 saturated carbocycles. The Balaban J connectivity index is 1.84. The van der Waals surface area contributed by atoms with E-state index in [0.29, 0.717) is 23.9 Å². The van der Waals surface area contributed by atoms with E-state index in [1.807, 2.05) is 11.0 Å². The van der Waals surface area contributed by atoms with Crippen molar-refractivity contribution in [2.75, 3.05) is 44.2 Å². The van der Waals surface area contributed by atoms with Gasteiger partial charge in [0, 0.05) is 37.3 Å². The Morgan fingerprint density at radius 1 is 1.26 bits per heavy atom. The standard InChI is InChI=1S/C13H16ClN3O2/c14-10-1-2-11-12(9-10)19-8-7-17(11)13(18)16-5-3-15-4-6-16/h1-2,9,15H,3-8H2. The second-order valence-corrected chi connectivity index (χ2v) is 5.07. The summed E-state index contributed by atoms with van der Waals surface area (Å²) in [6, 6.07) is 5.44. The highest BCUT2D eigenvalue weighted by molar-refractivity contribution is 6.30. The smallest absolute Gasteiger partial charge is 0.324 e. The van der Waals surface area contributed by atoms with Gasteiger partial charge in [-0.05, 0) is 12.1 Å². The minimum atomic E-state index is 0.0494.